The van der Waals surface area contributed by atoms with Gasteiger partial charge in [0.25, 0.3) is 0 Å². The number of nitrogens with one attached hydrogen (secondary N) is 2. The molecular formula is C61H75FN12O5S. The van der Waals surface area contributed by atoms with Gasteiger partial charge in [-0.05, 0) is 105 Å². The molecular weight excluding hydrogens is 1030 g/mol. The number of anilines is 2. The van der Waals surface area contributed by atoms with Gasteiger partial charge in [0.1, 0.15) is 35.3 Å². The normalized spacial score (nSPS) is 21.4. The number of aromatic hydroxyl groups is 1. The highest BCUT2D eigenvalue weighted by molar-refractivity contribution is 7.13. The fourth-order valence-corrected chi connectivity index (χ4v) is 13.5. The van der Waals surface area contributed by atoms with Gasteiger partial charge in [0.15, 0.2) is 17.4 Å². The minimum Gasteiger partial charge on any atom is -0.508 e. The van der Waals surface area contributed by atoms with Crippen LogP contribution in [0, 0.1) is 24.6 Å². The molecule has 6 unspecified atom stereocenters. The van der Waals surface area contributed by atoms with Crippen molar-refractivity contribution in [1.82, 2.24) is 50.4 Å². The van der Waals surface area contributed by atoms with Crippen molar-refractivity contribution < 1.29 is 28.3 Å². The maximum atomic E-state index is 17.2. The number of ether oxygens (including phenoxy) is 1. The molecule has 5 aliphatic rings. The molecule has 2 amide bonds. The maximum absolute atomic E-state index is 17.2. The van der Waals surface area contributed by atoms with E-state index >= 15 is 4.39 Å². The van der Waals surface area contributed by atoms with Crippen LogP contribution >= 0.6 is 11.3 Å². The van der Waals surface area contributed by atoms with E-state index < -0.39 is 5.82 Å². The van der Waals surface area contributed by atoms with Crippen molar-refractivity contribution in [2.75, 3.05) is 82.4 Å². The van der Waals surface area contributed by atoms with Gasteiger partial charge in [-0.1, -0.05) is 68.4 Å². The number of thiazole rings is 1. The summed E-state index contributed by atoms with van der Waals surface area (Å²) in [6.45, 7) is 20.4. The first-order chi connectivity index (χ1) is 38.7. The van der Waals surface area contributed by atoms with Crippen molar-refractivity contribution in [3.8, 4) is 33.5 Å². The second-order valence-electron chi connectivity index (χ2n) is 23.1. The molecule has 17 nitrogen and oxygen atoms in total. The number of nitrogens with zero attached hydrogens (tertiary/aromatic N) is 10. The van der Waals surface area contributed by atoms with Gasteiger partial charge in [-0.25, -0.2) is 9.37 Å². The lowest BCUT2D eigenvalue weighted by Gasteiger charge is -2.45. The van der Waals surface area contributed by atoms with Gasteiger partial charge in [0, 0.05) is 101 Å². The Bertz CT molecular complexity index is 3320. The van der Waals surface area contributed by atoms with Gasteiger partial charge in [0.05, 0.1) is 33.6 Å². The summed E-state index contributed by atoms with van der Waals surface area (Å²) in [5.74, 6) is 2.01. The Morgan fingerprint density at radius 3 is 2.46 bits per heavy atom. The van der Waals surface area contributed by atoms with E-state index in [-0.39, 0.29) is 58.8 Å². The third-order valence-corrected chi connectivity index (χ3v) is 18.2. The number of amides is 2. The van der Waals surface area contributed by atoms with Crippen molar-refractivity contribution in [3.05, 3.63) is 101 Å². The van der Waals surface area contributed by atoms with E-state index in [1.54, 1.807) is 29.7 Å². The fourth-order valence-electron chi connectivity index (χ4n) is 12.7. The molecule has 3 N–H and O–H groups in total. The minimum atomic E-state index is -0.556. The highest BCUT2D eigenvalue weighted by Crippen LogP contribution is 2.40. The van der Waals surface area contributed by atoms with Gasteiger partial charge < -0.3 is 39.7 Å². The first-order valence-corrected chi connectivity index (χ1v) is 29.5. The van der Waals surface area contributed by atoms with Crippen LogP contribution in [-0.2, 0) is 16.0 Å². The first-order valence-electron chi connectivity index (χ1n) is 28.6. The number of likely N-dealkylation sites (N-methyl/N-ethyl adjacent to an activating group) is 1. The number of carbonyl (C=O) groups is 2. The molecule has 0 saturated carbocycles. The number of phenolic OH excluding ortho intramolecular Hbond substituents is 1. The van der Waals surface area contributed by atoms with Crippen LogP contribution < -0.4 is 25.2 Å². The van der Waals surface area contributed by atoms with Crippen molar-refractivity contribution >= 4 is 57.0 Å². The van der Waals surface area contributed by atoms with Crippen LogP contribution in [0.4, 0.5) is 16.0 Å². The topological polar surface area (TPSA) is 181 Å². The highest BCUT2D eigenvalue weighted by atomic mass is 32.1. The predicted octanol–water partition coefficient (Wildman–Crippen LogP) is 8.99. The molecule has 80 heavy (non-hydrogen) atoms. The van der Waals surface area contributed by atoms with Crippen LogP contribution in [0.2, 0.25) is 0 Å². The zero-order chi connectivity index (χ0) is 55.8. The summed E-state index contributed by atoms with van der Waals surface area (Å²) in [4.78, 5) is 55.2. The van der Waals surface area contributed by atoms with E-state index in [4.69, 9.17) is 24.2 Å². The van der Waals surface area contributed by atoms with Gasteiger partial charge in [-0.15, -0.1) is 11.3 Å². The van der Waals surface area contributed by atoms with Gasteiger partial charge in [-0.3, -0.25) is 24.4 Å². The Labute approximate surface area is 471 Å². The van der Waals surface area contributed by atoms with Crippen LogP contribution in [0.5, 0.6) is 11.8 Å². The molecule has 422 valence electrons. The number of halogens is 1. The largest absolute Gasteiger partial charge is 0.508 e. The van der Waals surface area contributed by atoms with Crippen LogP contribution in [-0.4, -0.2) is 154 Å². The van der Waals surface area contributed by atoms with E-state index in [0.717, 1.165) is 131 Å². The summed E-state index contributed by atoms with van der Waals surface area (Å²) in [6.07, 6.45) is 7.46. The molecule has 6 atom stereocenters. The molecule has 9 heterocycles. The number of carbonyl (C=O) groups excluding carboxylic acids is 2. The van der Waals surface area contributed by atoms with Gasteiger partial charge in [0.2, 0.25) is 12.3 Å². The molecule has 0 radical (unpaired) electrons. The first kappa shape index (κ1) is 55.1. The number of phenols is 1. The average Bonchev–Trinajstić information content (AvgIpc) is 4.37. The molecule has 5 fully saturated rings. The lowest BCUT2D eigenvalue weighted by atomic mass is 9.91. The highest BCUT2D eigenvalue weighted by Gasteiger charge is 2.39. The number of hydrogen-bond acceptors (Lipinski definition) is 16. The van der Waals surface area contributed by atoms with Crippen LogP contribution in [0.3, 0.4) is 0 Å². The van der Waals surface area contributed by atoms with Crippen molar-refractivity contribution in [2.45, 2.75) is 110 Å². The van der Waals surface area contributed by atoms with E-state index in [0.29, 0.717) is 47.1 Å². The third-order valence-electron chi connectivity index (χ3n) is 17.2. The minimum absolute atomic E-state index is 0.0455. The molecule has 3 aromatic carbocycles. The Balaban J connectivity index is 0.000000339. The quantitative estimate of drug-likeness (QED) is 0.0780. The summed E-state index contributed by atoms with van der Waals surface area (Å²) >= 11 is 1.64. The number of hydrogen-bond donors (Lipinski definition) is 3. The molecule has 5 saturated heterocycles. The molecule has 0 aliphatic carbocycles. The average molecular weight is 1110 g/mol. The summed E-state index contributed by atoms with van der Waals surface area (Å²) in [5.41, 5.74) is 7.08. The number of benzene rings is 3. The number of rotatable bonds is 16. The Kier molecular flexibility index (Phi) is 16.3. The molecule has 4 aromatic heterocycles. The van der Waals surface area contributed by atoms with E-state index in [9.17, 15) is 14.7 Å². The molecule has 12 rings (SSSR count). The van der Waals surface area contributed by atoms with Crippen molar-refractivity contribution in [3.63, 3.8) is 0 Å². The van der Waals surface area contributed by atoms with E-state index in [1.807, 2.05) is 60.7 Å². The standard InChI is InChI=1S/C48H61FN10O4.C13H14N2OS/c1-6-31-10-7-11-32-17-36(60)18-37(42(31)32)44-43(49)45-38(20-50-44)46(58-24-33-12-13-34(25-58)51-33)53-48(52-45)62-27-35-26-56(16-15-55(35)5)21-30-22-57(23-30)40-19-39(63-54-40)41(28(2)3)47(61)59-14-8-9-29(59)4;1-9(14-7-16)11-3-5-12(6-4-11)13-10(2)15-8-17-13/h7,10-11,17-20,28-30,33-35,41,51,60H,6,8-9,12-16,21-27H2,1-5H3;3-9H,1-2H3,(H,14,16). The molecule has 2 bridgehead atoms. The van der Waals surface area contributed by atoms with Crippen molar-refractivity contribution in [1.29, 1.82) is 0 Å². The summed E-state index contributed by atoms with van der Waals surface area (Å²) < 4.78 is 29.5. The van der Waals surface area contributed by atoms with Crippen LogP contribution in [0.25, 0.3) is 43.4 Å². The van der Waals surface area contributed by atoms with Crippen LogP contribution in [0.15, 0.2) is 76.9 Å². The number of aromatic nitrogens is 5. The Morgan fingerprint density at radius 1 is 0.975 bits per heavy atom. The number of piperazine rings is 2. The van der Waals surface area contributed by atoms with Gasteiger partial charge in [-0.2, -0.15) is 9.97 Å². The molecule has 7 aromatic rings. The number of pyridine rings is 1. The predicted molar refractivity (Wildman–Crippen MR) is 312 cm³/mol. The maximum Gasteiger partial charge on any atom is 0.319 e. The summed E-state index contributed by atoms with van der Waals surface area (Å²) in [7, 11) is 2.13. The second kappa shape index (κ2) is 23.7. The zero-order valence-electron chi connectivity index (χ0n) is 47.1. The SMILES string of the molecule is CCc1cccc2cc(O)cc(-c3ncc4c(N5CC6CCC(C5)N6)nc(OCC5CN(CC6CN(c7cc(C(C(=O)N8CCCC8C)C(C)C)on7)C6)CCN5C)nc4c3F)c12.Cc1ncsc1-c1ccc(C(C)NC=O)cc1. The second-order valence-corrected chi connectivity index (χ2v) is 24.0. The zero-order valence-corrected chi connectivity index (χ0v) is 47.9. The number of fused-ring (bicyclic) bond motifs is 4. The molecule has 0 spiro atoms. The van der Waals surface area contributed by atoms with Crippen LogP contribution in [0.1, 0.15) is 94.8 Å². The molecule has 5 aliphatic heterocycles. The number of aryl methyl sites for hydroxylation is 2. The monoisotopic (exact) mass is 1110 g/mol. The summed E-state index contributed by atoms with van der Waals surface area (Å²) in [6, 6.07) is 20.7. The summed E-state index contributed by atoms with van der Waals surface area (Å²) in [5, 5.41) is 23.9. The lowest BCUT2D eigenvalue weighted by molar-refractivity contribution is -0.134. The molecule has 19 heteroatoms. The Hall–Kier alpha value is -6.80. The lowest BCUT2D eigenvalue weighted by Crippen LogP contribution is -2.58. The fraction of sp³-hybridized carbons (Fsp3) is 0.492. The number of likely N-dealkylation sites (tertiary alicyclic amines) is 1. The third kappa shape index (κ3) is 11.4. The van der Waals surface area contributed by atoms with Crippen molar-refractivity contribution in [2.24, 2.45) is 11.8 Å². The van der Waals surface area contributed by atoms with E-state index in [1.165, 1.54) is 10.4 Å². The Morgan fingerprint density at radius 2 is 1.76 bits per heavy atom. The van der Waals surface area contributed by atoms with Gasteiger partial charge >= 0.3 is 6.01 Å². The van der Waals surface area contributed by atoms with E-state index in [2.05, 4.69) is 87.2 Å². The smallest absolute Gasteiger partial charge is 0.319 e.